The Morgan fingerprint density at radius 3 is 2.42 bits per heavy atom. The number of hydrogen-bond acceptors (Lipinski definition) is 3. The van der Waals surface area contributed by atoms with Gasteiger partial charge in [-0.1, -0.05) is 12.1 Å². The van der Waals surface area contributed by atoms with Gasteiger partial charge in [-0.15, -0.1) is 0 Å². The number of benzene rings is 1. The molecule has 0 saturated carbocycles. The normalized spacial score (nSPS) is 15.3. The van der Waals surface area contributed by atoms with Crippen LogP contribution in [0.5, 0.6) is 0 Å². The van der Waals surface area contributed by atoms with Crippen molar-refractivity contribution in [2.45, 2.75) is 33.1 Å². The highest BCUT2D eigenvalue weighted by molar-refractivity contribution is 6.01. The molecule has 1 heterocycles. The zero-order valence-electron chi connectivity index (χ0n) is 16.1. The lowest BCUT2D eigenvalue weighted by Crippen LogP contribution is -3.13. The molecule has 1 amide bonds. The van der Waals surface area contributed by atoms with Crippen LogP contribution in [0.1, 0.15) is 38.7 Å². The van der Waals surface area contributed by atoms with E-state index in [9.17, 15) is 10.1 Å². The molecule has 140 valence electrons. The molecule has 1 aromatic rings. The Hall–Kier alpha value is -2.32. The summed E-state index contributed by atoms with van der Waals surface area (Å²) in [5, 5.41) is 12.2. The Kier molecular flexibility index (Phi) is 8.17. The fraction of sp³-hybridized carbons (Fsp3) is 0.524. The van der Waals surface area contributed by atoms with E-state index in [0.717, 1.165) is 30.9 Å². The first kappa shape index (κ1) is 20.0. The Balaban J connectivity index is 1.91. The molecule has 2 rings (SSSR count). The van der Waals surface area contributed by atoms with E-state index in [1.165, 1.54) is 32.4 Å². The molecule has 5 nitrogen and oxygen atoms in total. The number of anilines is 1. The van der Waals surface area contributed by atoms with Crippen molar-refractivity contribution in [1.82, 2.24) is 5.32 Å². The van der Waals surface area contributed by atoms with Crippen LogP contribution >= 0.6 is 0 Å². The topological polar surface area (TPSA) is 60.6 Å². The molecule has 1 aromatic carbocycles. The van der Waals surface area contributed by atoms with E-state index in [2.05, 4.69) is 24.1 Å². The van der Waals surface area contributed by atoms with Crippen LogP contribution < -0.4 is 15.1 Å². The van der Waals surface area contributed by atoms with Crippen LogP contribution in [0.4, 0.5) is 5.69 Å². The third kappa shape index (κ3) is 5.89. The van der Waals surface area contributed by atoms with Crippen LogP contribution in [0.15, 0.2) is 29.8 Å². The average Bonchev–Trinajstić information content (AvgIpc) is 2.69. The average molecular weight is 356 g/mol. The van der Waals surface area contributed by atoms with Gasteiger partial charge in [-0.3, -0.25) is 4.79 Å². The van der Waals surface area contributed by atoms with Crippen molar-refractivity contribution in [2.75, 3.05) is 44.2 Å². The molecule has 1 fully saturated rings. The van der Waals surface area contributed by atoms with Crippen molar-refractivity contribution in [3.8, 4) is 6.07 Å². The fourth-order valence-corrected chi connectivity index (χ4v) is 3.44. The number of nitriles is 1. The Bertz CT molecular complexity index is 635. The lowest BCUT2D eigenvalue weighted by Gasteiger charge is -2.23. The van der Waals surface area contributed by atoms with Gasteiger partial charge < -0.3 is 15.1 Å². The monoisotopic (exact) mass is 355 g/mol. The van der Waals surface area contributed by atoms with Crippen molar-refractivity contribution in [2.24, 2.45) is 0 Å². The van der Waals surface area contributed by atoms with Crippen LogP contribution in [-0.2, 0) is 4.79 Å². The summed E-state index contributed by atoms with van der Waals surface area (Å²) < 4.78 is 0. The predicted molar refractivity (Wildman–Crippen MR) is 106 cm³/mol. The first-order valence-corrected chi connectivity index (χ1v) is 9.76. The molecular weight excluding hydrogens is 324 g/mol. The van der Waals surface area contributed by atoms with Crippen molar-refractivity contribution < 1.29 is 9.69 Å². The maximum Gasteiger partial charge on any atom is 0.262 e. The summed E-state index contributed by atoms with van der Waals surface area (Å²) in [6.07, 6.45) is 5.53. The summed E-state index contributed by atoms with van der Waals surface area (Å²) >= 11 is 0. The molecular formula is C21H31N4O+. The van der Waals surface area contributed by atoms with Gasteiger partial charge in [-0.05, 0) is 56.9 Å². The minimum Gasteiger partial charge on any atom is -0.372 e. The van der Waals surface area contributed by atoms with Crippen LogP contribution in [0.25, 0.3) is 6.08 Å². The van der Waals surface area contributed by atoms with Crippen LogP contribution in [-0.4, -0.2) is 45.2 Å². The van der Waals surface area contributed by atoms with E-state index in [4.69, 9.17) is 0 Å². The molecule has 0 aromatic heterocycles. The van der Waals surface area contributed by atoms with Crippen molar-refractivity contribution in [3.63, 3.8) is 0 Å². The van der Waals surface area contributed by atoms with Gasteiger partial charge >= 0.3 is 0 Å². The molecule has 0 unspecified atom stereocenters. The largest absolute Gasteiger partial charge is 0.372 e. The zero-order chi connectivity index (χ0) is 18.8. The third-order valence-corrected chi connectivity index (χ3v) is 5.02. The van der Waals surface area contributed by atoms with Gasteiger partial charge in [0.2, 0.25) is 0 Å². The molecule has 0 atom stereocenters. The number of nitrogens with one attached hydrogen (secondary N) is 2. The second-order valence-electron chi connectivity index (χ2n) is 6.75. The number of amides is 1. The van der Waals surface area contributed by atoms with Crippen molar-refractivity contribution in [3.05, 3.63) is 35.4 Å². The SMILES string of the molecule is CCN(CC)c1ccc(/C=C(\C#N)C(=O)NCC[NH+]2CCCCC2)cc1. The predicted octanol–water partition coefficient (Wildman–Crippen LogP) is 1.62. The standard InChI is InChI=1S/C21H30N4O/c1-3-25(4-2)20-10-8-18(9-11-20)16-19(17-22)21(26)23-12-15-24-13-6-5-7-14-24/h8-11,16H,3-7,12-15H2,1-2H3,(H,23,26)/p+1/b19-16+. The molecule has 1 aliphatic heterocycles. The van der Waals surface area contributed by atoms with Gasteiger partial charge in [-0.25, -0.2) is 0 Å². The number of carbonyl (C=O) groups is 1. The van der Waals surface area contributed by atoms with Gasteiger partial charge in [0.25, 0.3) is 5.91 Å². The number of likely N-dealkylation sites (tertiary alicyclic amines) is 1. The molecule has 0 radical (unpaired) electrons. The molecule has 0 spiro atoms. The van der Waals surface area contributed by atoms with Gasteiger partial charge in [0, 0.05) is 18.8 Å². The molecule has 0 bridgehead atoms. The van der Waals surface area contributed by atoms with Gasteiger partial charge in [0.1, 0.15) is 11.6 Å². The number of rotatable bonds is 8. The minimum atomic E-state index is -0.281. The maximum atomic E-state index is 12.3. The lowest BCUT2D eigenvalue weighted by molar-refractivity contribution is -0.903. The molecule has 26 heavy (non-hydrogen) atoms. The summed E-state index contributed by atoms with van der Waals surface area (Å²) in [4.78, 5) is 16.1. The Morgan fingerprint density at radius 1 is 1.19 bits per heavy atom. The zero-order valence-corrected chi connectivity index (χ0v) is 16.1. The molecule has 5 heteroatoms. The van der Waals surface area contributed by atoms with E-state index in [0.29, 0.717) is 6.54 Å². The highest BCUT2D eigenvalue weighted by atomic mass is 16.1. The number of carbonyl (C=O) groups excluding carboxylic acids is 1. The summed E-state index contributed by atoms with van der Waals surface area (Å²) in [5.41, 5.74) is 2.18. The number of hydrogen-bond donors (Lipinski definition) is 2. The Labute approximate surface area is 157 Å². The van der Waals surface area contributed by atoms with Gasteiger partial charge in [0.15, 0.2) is 0 Å². The van der Waals surface area contributed by atoms with Crippen molar-refractivity contribution >= 4 is 17.7 Å². The first-order chi connectivity index (χ1) is 12.7. The number of quaternary nitrogens is 1. The quantitative estimate of drug-likeness (QED) is 0.550. The van der Waals surface area contributed by atoms with E-state index in [-0.39, 0.29) is 11.5 Å². The van der Waals surface area contributed by atoms with Gasteiger partial charge in [-0.2, -0.15) is 5.26 Å². The highest BCUT2D eigenvalue weighted by Gasteiger charge is 2.14. The summed E-state index contributed by atoms with van der Waals surface area (Å²) in [5.74, 6) is -0.281. The molecule has 1 saturated heterocycles. The first-order valence-electron chi connectivity index (χ1n) is 9.76. The summed E-state index contributed by atoms with van der Waals surface area (Å²) in [7, 11) is 0. The second kappa shape index (κ2) is 10.6. The summed E-state index contributed by atoms with van der Waals surface area (Å²) in [6.45, 7) is 10.1. The molecule has 2 N–H and O–H groups in total. The fourth-order valence-electron chi connectivity index (χ4n) is 3.44. The number of nitrogens with zero attached hydrogens (tertiary/aromatic N) is 2. The number of piperidine rings is 1. The molecule has 1 aliphatic rings. The second-order valence-corrected chi connectivity index (χ2v) is 6.75. The van der Waals surface area contributed by atoms with Crippen LogP contribution in [0.3, 0.4) is 0 Å². The lowest BCUT2D eigenvalue weighted by atomic mass is 10.1. The maximum absolute atomic E-state index is 12.3. The minimum absolute atomic E-state index is 0.161. The van der Waals surface area contributed by atoms with Crippen LogP contribution in [0, 0.1) is 11.3 Å². The summed E-state index contributed by atoms with van der Waals surface area (Å²) in [6, 6.07) is 10.0. The smallest absolute Gasteiger partial charge is 0.262 e. The third-order valence-electron chi connectivity index (χ3n) is 5.02. The Morgan fingerprint density at radius 2 is 1.85 bits per heavy atom. The highest BCUT2D eigenvalue weighted by Crippen LogP contribution is 2.16. The molecule has 0 aliphatic carbocycles. The van der Waals surface area contributed by atoms with E-state index in [1.807, 2.05) is 30.3 Å². The van der Waals surface area contributed by atoms with E-state index < -0.39 is 0 Å². The van der Waals surface area contributed by atoms with Crippen molar-refractivity contribution in [1.29, 1.82) is 5.26 Å². The van der Waals surface area contributed by atoms with E-state index >= 15 is 0 Å². The van der Waals surface area contributed by atoms with Crippen LogP contribution in [0.2, 0.25) is 0 Å². The van der Waals surface area contributed by atoms with E-state index in [1.54, 1.807) is 11.0 Å². The van der Waals surface area contributed by atoms with Gasteiger partial charge in [0.05, 0.1) is 26.2 Å².